The number of aromatic nitrogens is 3. The molecule has 0 spiro atoms. The van der Waals surface area contributed by atoms with Gasteiger partial charge in [0.25, 0.3) is 5.91 Å². The summed E-state index contributed by atoms with van der Waals surface area (Å²) in [6.07, 6.45) is -1.40. The monoisotopic (exact) mass is 530 g/mol. The first-order valence-corrected chi connectivity index (χ1v) is 15.4. The number of carbonyl (C=O) groups is 1. The molecule has 0 fully saturated rings. The number of rotatable bonds is 9. The van der Waals surface area contributed by atoms with Crippen LogP contribution in [-0.4, -0.2) is 42.2 Å². The Morgan fingerprint density at radius 3 is 2.54 bits per heavy atom. The first-order chi connectivity index (χ1) is 17.4. The van der Waals surface area contributed by atoms with Crippen molar-refractivity contribution < 1.29 is 27.4 Å². The smallest absolute Gasteiger partial charge is 0.417 e. The predicted molar refractivity (Wildman–Crippen MR) is 139 cm³/mol. The number of amides is 1. The van der Waals surface area contributed by atoms with Gasteiger partial charge in [0.05, 0.1) is 29.6 Å². The van der Waals surface area contributed by atoms with Crippen LogP contribution in [0, 0.1) is 0 Å². The van der Waals surface area contributed by atoms with Crippen LogP contribution in [0.15, 0.2) is 48.8 Å². The topological polar surface area (TPSA) is 95.2 Å². The van der Waals surface area contributed by atoms with Crippen LogP contribution in [0.4, 0.5) is 13.2 Å². The number of H-pyrrole nitrogens is 1. The van der Waals surface area contributed by atoms with Crippen LogP contribution in [-0.2, 0) is 17.6 Å². The molecule has 0 bridgehead atoms. The van der Waals surface area contributed by atoms with E-state index in [9.17, 15) is 18.0 Å². The molecule has 0 unspecified atom stereocenters. The molecule has 3 aromatic heterocycles. The summed E-state index contributed by atoms with van der Waals surface area (Å²) in [5.74, 6) is -0.801. The summed E-state index contributed by atoms with van der Waals surface area (Å²) < 4.78 is 55.3. The predicted octanol–water partition coefficient (Wildman–Crippen LogP) is 6.14. The Kier molecular flexibility index (Phi) is 7.20. The van der Waals surface area contributed by atoms with Crippen LogP contribution in [0.25, 0.3) is 33.5 Å². The van der Waals surface area contributed by atoms with Crippen LogP contribution < -0.4 is 10.5 Å². The van der Waals surface area contributed by atoms with E-state index < -0.39 is 25.7 Å². The third-order valence-electron chi connectivity index (χ3n) is 6.10. The number of benzene rings is 1. The first kappa shape index (κ1) is 26.5. The second-order valence-corrected chi connectivity index (χ2v) is 15.6. The lowest BCUT2D eigenvalue weighted by Gasteiger charge is -2.20. The summed E-state index contributed by atoms with van der Waals surface area (Å²) in [4.78, 5) is 19.9. The highest BCUT2D eigenvalue weighted by Crippen LogP contribution is 2.43. The Bertz CT molecular complexity index is 1440. The molecule has 4 aromatic rings. The van der Waals surface area contributed by atoms with Crippen LogP contribution >= 0.6 is 0 Å². The Morgan fingerprint density at radius 2 is 1.89 bits per heavy atom. The van der Waals surface area contributed by atoms with Gasteiger partial charge in [-0.2, -0.15) is 13.2 Å². The number of pyridine rings is 1. The van der Waals surface area contributed by atoms with E-state index in [2.05, 4.69) is 29.6 Å². The standard InChI is InChI=1S/C26H29F3N4O3Si/c1-35-16-5-6-19(21(13-16)26(27,28)29)23-20(24(30)34)14-22(33(23)15-36-11-12-37(2,3)4)17-7-9-31-25-18(17)8-10-32-25/h5-10,13-14H,11-12,15H2,1-4H3,(H2,30,34)(H,31,32). The minimum Gasteiger partial charge on any atom is -0.497 e. The van der Waals surface area contributed by atoms with Crippen molar-refractivity contribution >= 4 is 25.0 Å². The summed E-state index contributed by atoms with van der Waals surface area (Å²) in [7, 11) is -0.124. The normalized spacial score (nSPS) is 12.3. The number of methoxy groups -OCH3 is 1. The second-order valence-electron chi connectivity index (χ2n) is 9.94. The van der Waals surface area contributed by atoms with Crippen LogP contribution in [0.2, 0.25) is 25.7 Å². The molecule has 4 rings (SSSR count). The highest BCUT2D eigenvalue weighted by atomic mass is 28.3. The van der Waals surface area contributed by atoms with Gasteiger partial charge in [0.15, 0.2) is 0 Å². The summed E-state index contributed by atoms with van der Waals surface area (Å²) >= 11 is 0. The molecule has 0 saturated carbocycles. The molecule has 37 heavy (non-hydrogen) atoms. The van der Waals surface area contributed by atoms with Crippen molar-refractivity contribution in [1.82, 2.24) is 14.5 Å². The Morgan fingerprint density at radius 1 is 1.14 bits per heavy atom. The summed E-state index contributed by atoms with van der Waals surface area (Å²) in [5, 5.41) is 0.747. The number of hydrogen-bond donors (Lipinski definition) is 2. The molecular formula is C26H29F3N4O3Si. The summed E-state index contributed by atoms with van der Waals surface area (Å²) in [5.41, 5.74) is 6.35. The molecule has 196 valence electrons. The van der Waals surface area contributed by atoms with Gasteiger partial charge in [0.2, 0.25) is 0 Å². The molecule has 0 radical (unpaired) electrons. The van der Waals surface area contributed by atoms with Gasteiger partial charge in [-0.3, -0.25) is 4.79 Å². The van der Waals surface area contributed by atoms with E-state index in [1.165, 1.54) is 25.3 Å². The lowest BCUT2D eigenvalue weighted by Crippen LogP contribution is -2.22. The minimum absolute atomic E-state index is 0.0333. The van der Waals surface area contributed by atoms with Crippen LogP contribution in [0.3, 0.4) is 0 Å². The molecule has 3 heterocycles. The van der Waals surface area contributed by atoms with Gasteiger partial charge < -0.3 is 24.8 Å². The fraction of sp³-hybridized carbons (Fsp3) is 0.308. The molecule has 11 heteroatoms. The zero-order valence-electron chi connectivity index (χ0n) is 21.1. The van der Waals surface area contributed by atoms with Crippen molar-refractivity contribution in [1.29, 1.82) is 0 Å². The molecule has 1 aromatic carbocycles. The largest absolute Gasteiger partial charge is 0.497 e. The number of nitrogens with zero attached hydrogens (tertiary/aromatic N) is 2. The zero-order chi connectivity index (χ0) is 27.0. The van der Waals surface area contributed by atoms with E-state index in [1.807, 2.05) is 6.07 Å². The number of fused-ring (bicyclic) bond motifs is 1. The van der Waals surface area contributed by atoms with Crippen molar-refractivity contribution in [3.63, 3.8) is 0 Å². The molecule has 0 aliphatic rings. The summed E-state index contributed by atoms with van der Waals surface area (Å²) in [6.45, 7) is 6.99. The van der Waals surface area contributed by atoms with E-state index in [-0.39, 0.29) is 29.3 Å². The Hall–Kier alpha value is -3.57. The number of nitrogens with two attached hydrogens (primary N) is 1. The van der Waals surface area contributed by atoms with E-state index in [4.69, 9.17) is 15.2 Å². The number of primary amides is 1. The molecule has 0 aliphatic carbocycles. The van der Waals surface area contributed by atoms with Crippen molar-refractivity contribution in [2.75, 3.05) is 13.7 Å². The van der Waals surface area contributed by atoms with E-state index >= 15 is 0 Å². The average Bonchev–Trinajstić information content (AvgIpc) is 3.45. The maximum Gasteiger partial charge on any atom is 0.417 e. The third-order valence-corrected chi connectivity index (χ3v) is 7.81. The number of ether oxygens (including phenoxy) is 2. The molecule has 3 N–H and O–H groups in total. The van der Waals surface area contributed by atoms with E-state index in [0.29, 0.717) is 23.5 Å². The highest BCUT2D eigenvalue weighted by molar-refractivity contribution is 6.76. The second kappa shape index (κ2) is 10.1. The lowest BCUT2D eigenvalue weighted by atomic mass is 10.00. The quantitative estimate of drug-likeness (QED) is 0.201. The molecule has 0 atom stereocenters. The van der Waals surface area contributed by atoms with Gasteiger partial charge in [-0.15, -0.1) is 0 Å². The number of carbonyl (C=O) groups excluding carboxylic acids is 1. The lowest BCUT2D eigenvalue weighted by molar-refractivity contribution is -0.137. The fourth-order valence-corrected chi connectivity index (χ4v) is 4.95. The molecule has 1 amide bonds. The highest BCUT2D eigenvalue weighted by Gasteiger charge is 2.36. The maximum atomic E-state index is 14.2. The number of nitrogens with one attached hydrogen (secondary N) is 1. The summed E-state index contributed by atoms with van der Waals surface area (Å²) in [6, 6.07) is 9.59. The van der Waals surface area contributed by atoms with Crippen LogP contribution in [0.1, 0.15) is 15.9 Å². The number of halogens is 3. The molecule has 7 nitrogen and oxygen atoms in total. The van der Waals surface area contributed by atoms with Crippen molar-refractivity contribution in [3.05, 3.63) is 59.9 Å². The van der Waals surface area contributed by atoms with Gasteiger partial charge in [0, 0.05) is 43.6 Å². The van der Waals surface area contributed by atoms with Gasteiger partial charge in [-0.25, -0.2) is 4.98 Å². The molecular weight excluding hydrogens is 501 g/mol. The van der Waals surface area contributed by atoms with Crippen molar-refractivity contribution in [2.45, 2.75) is 38.6 Å². The number of aromatic amines is 1. The zero-order valence-corrected chi connectivity index (χ0v) is 22.1. The SMILES string of the molecule is COc1ccc(-c2c(C(N)=O)cc(-c3ccnc4[nH]ccc34)n2COCC[Si](C)(C)C)c(C(F)(F)F)c1. The number of hydrogen-bond acceptors (Lipinski definition) is 4. The Labute approximate surface area is 213 Å². The van der Waals surface area contributed by atoms with Crippen molar-refractivity contribution in [2.24, 2.45) is 5.73 Å². The minimum atomic E-state index is -4.71. The third kappa shape index (κ3) is 5.57. The fourth-order valence-electron chi connectivity index (χ4n) is 4.19. The molecule has 0 aliphatic heterocycles. The average molecular weight is 531 g/mol. The molecule has 0 saturated heterocycles. The van der Waals surface area contributed by atoms with Crippen LogP contribution in [0.5, 0.6) is 5.75 Å². The van der Waals surface area contributed by atoms with E-state index in [0.717, 1.165) is 17.5 Å². The van der Waals surface area contributed by atoms with Crippen molar-refractivity contribution in [3.8, 4) is 28.3 Å². The van der Waals surface area contributed by atoms with Gasteiger partial charge in [0.1, 0.15) is 18.1 Å². The van der Waals surface area contributed by atoms with Gasteiger partial charge >= 0.3 is 6.18 Å². The van der Waals surface area contributed by atoms with Gasteiger partial charge in [-0.05, 0) is 42.4 Å². The maximum absolute atomic E-state index is 14.2. The Balaban J connectivity index is 1.97. The van der Waals surface area contributed by atoms with E-state index in [1.54, 1.807) is 23.0 Å². The van der Waals surface area contributed by atoms with Gasteiger partial charge in [-0.1, -0.05) is 19.6 Å². The number of alkyl halides is 3. The first-order valence-electron chi connectivity index (χ1n) is 11.7.